The first kappa shape index (κ1) is 13.7. The molecule has 0 bridgehead atoms. The lowest BCUT2D eigenvalue weighted by Gasteiger charge is -2.26. The van der Waals surface area contributed by atoms with Gasteiger partial charge in [0.1, 0.15) is 0 Å². The van der Waals surface area contributed by atoms with Crippen LogP contribution in [0.2, 0.25) is 0 Å². The largest absolute Gasteiger partial charge is 0.329 e. The summed E-state index contributed by atoms with van der Waals surface area (Å²) in [5.74, 6) is 0. The quantitative estimate of drug-likeness (QED) is 0.861. The van der Waals surface area contributed by atoms with Crippen LogP contribution in [0.1, 0.15) is 17.3 Å². The van der Waals surface area contributed by atoms with E-state index in [1.807, 2.05) is 30.5 Å². The molecule has 0 fully saturated rings. The molecule has 0 aliphatic carbocycles. The van der Waals surface area contributed by atoms with E-state index in [1.54, 1.807) is 0 Å². The standard InChI is InChI=1S/C16H21N3/c1-19(12-10-14-7-3-2-4-8-14)16(13-17)15-9-5-6-11-18-15/h2-9,11,16H,10,12-13,17H2,1H3. The molecule has 0 saturated carbocycles. The Bertz CT molecular complexity index is 470. The van der Waals surface area contributed by atoms with E-state index in [0.29, 0.717) is 6.54 Å². The molecule has 3 heteroatoms. The summed E-state index contributed by atoms with van der Waals surface area (Å²) < 4.78 is 0. The van der Waals surface area contributed by atoms with Crippen LogP contribution in [0.15, 0.2) is 54.7 Å². The maximum atomic E-state index is 5.89. The summed E-state index contributed by atoms with van der Waals surface area (Å²) in [6, 6.07) is 16.7. The second-order valence-corrected chi connectivity index (χ2v) is 4.72. The van der Waals surface area contributed by atoms with Crippen LogP contribution in [-0.2, 0) is 6.42 Å². The zero-order valence-electron chi connectivity index (χ0n) is 11.4. The molecular weight excluding hydrogens is 234 g/mol. The molecule has 0 spiro atoms. The molecule has 0 radical (unpaired) electrons. The van der Waals surface area contributed by atoms with E-state index < -0.39 is 0 Å². The first-order valence-electron chi connectivity index (χ1n) is 6.66. The Morgan fingerprint density at radius 3 is 2.47 bits per heavy atom. The molecule has 1 atom stereocenters. The Hall–Kier alpha value is -1.71. The van der Waals surface area contributed by atoms with Gasteiger partial charge in [0.2, 0.25) is 0 Å². The predicted octanol–water partition coefficient (Wildman–Crippen LogP) is 2.26. The number of benzene rings is 1. The smallest absolute Gasteiger partial charge is 0.0642 e. The summed E-state index contributed by atoms with van der Waals surface area (Å²) in [4.78, 5) is 6.68. The number of aromatic nitrogens is 1. The van der Waals surface area contributed by atoms with Crippen LogP contribution in [0, 0.1) is 0 Å². The Morgan fingerprint density at radius 1 is 1.11 bits per heavy atom. The lowest BCUT2D eigenvalue weighted by molar-refractivity contribution is 0.248. The van der Waals surface area contributed by atoms with Crippen molar-refractivity contribution in [2.45, 2.75) is 12.5 Å². The topological polar surface area (TPSA) is 42.1 Å². The van der Waals surface area contributed by atoms with E-state index in [0.717, 1.165) is 18.7 Å². The van der Waals surface area contributed by atoms with Gasteiger partial charge < -0.3 is 5.73 Å². The highest BCUT2D eigenvalue weighted by Crippen LogP contribution is 2.15. The molecular formula is C16H21N3. The van der Waals surface area contributed by atoms with Gasteiger partial charge in [0.05, 0.1) is 11.7 Å². The number of nitrogens with two attached hydrogens (primary N) is 1. The molecule has 0 aliphatic heterocycles. The van der Waals surface area contributed by atoms with Gasteiger partial charge >= 0.3 is 0 Å². The van der Waals surface area contributed by atoms with Gasteiger partial charge in [-0.25, -0.2) is 0 Å². The summed E-state index contributed by atoms with van der Waals surface area (Å²) >= 11 is 0. The first-order valence-corrected chi connectivity index (χ1v) is 6.66. The third kappa shape index (κ3) is 3.88. The zero-order chi connectivity index (χ0) is 13.5. The number of likely N-dealkylation sites (N-methyl/N-ethyl adjacent to an activating group) is 1. The maximum absolute atomic E-state index is 5.89. The molecule has 0 saturated heterocycles. The van der Waals surface area contributed by atoms with Crippen molar-refractivity contribution in [1.29, 1.82) is 0 Å². The molecule has 1 aromatic heterocycles. The van der Waals surface area contributed by atoms with Crippen LogP contribution in [-0.4, -0.2) is 30.0 Å². The average Bonchev–Trinajstić information content (AvgIpc) is 2.48. The minimum Gasteiger partial charge on any atom is -0.329 e. The first-order chi connectivity index (χ1) is 9.31. The van der Waals surface area contributed by atoms with Crippen molar-refractivity contribution in [3.63, 3.8) is 0 Å². The number of hydrogen-bond acceptors (Lipinski definition) is 3. The Kier molecular flexibility index (Phi) is 5.07. The molecule has 2 aromatic rings. The predicted molar refractivity (Wildman–Crippen MR) is 78.8 cm³/mol. The minimum atomic E-state index is 0.185. The second-order valence-electron chi connectivity index (χ2n) is 4.72. The fraction of sp³-hybridized carbons (Fsp3) is 0.312. The highest BCUT2D eigenvalue weighted by atomic mass is 15.1. The molecule has 2 N–H and O–H groups in total. The van der Waals surface area contributed by atoms with Crippen LogP contribution in [0.4, 0.5) is 0 Å². The highest BCUT2D eigenvalue weighted by molar-refractivity contribution is 5.15. The van der Waals surface area contributed by atoms with Crippen molar-refractivity contribution in [1.82, 2.24) is 9.88 Å². The van der Waals surface area contributed by atoms with E-state index in [4.69, 9.17) is 5.73 Å². The van der Waals surface area contributed by atoms with E-state index >= 15 is 0 Å². The molecule has 100 valence electrons. The Balaban J connectivity index is 1.96. The summed E-state index contributed by atoms with van der Waals surface area (Å²) in [7, 11) is 2.11. The third-order valence-corrected chi connectivity index (χ3v) is 3.38. The SMILES string of the molecule is CN(CCc1ccccc1)C(CN)c1ccccn1. The van der Waals surface area contributed by atoms with Crippen molar-refractivity contribution >= 4 is 0 Å². The van der Waals surface area contributed by atoms with E-state index in [9.17, 15) is 0 Å². The molecule has 3 nitrogen and oxygen atoms in total. The average molecular weight is 255 g/mol. The summed E-state index contributed by atoms with van der Waals surface area (Å²) in [5, 5.41) is 0. The van der Waals surface area contributed by atoms with Gasteiger partial charge in [-0.3, -0.25) is 9.88 Å². The maximum Gasteiger partial charge on any atom is 0.0642 e. The van der Waals surface area contributed by atoms with Crippen molar-refractivity contribution in [3.05, 3.63) is 66.0 Å². The lowest BCUT2D eigenvalue weighted by Crippen LogP contribution is -2.32. The van der Waals surface area contributed by atoms with Crippen LogP contribution in [0.3, 0.4) is 0 Å². The second kappa shape index (κ2) is 7.02. The minimum absolute atomic E-state index is 0.185. The molecule has 1 unspecified atom stereocenters. The highest BCUT2D eigenvalue weighted by Gasteiger charge is 2.15. The monoisotopic (exact) mass is 255 g/mol. The van der Waals surface area contributed by atoms with Crippen molar-refractivity contribution in [3.8, 4) is 0 Å². The van der Waals surface area contributed by atoms with Gasteiger partial charge in [-0.2, -0.15) is 0 Å². The number of nitrogens with zero attached hydrogens (tertiary/aromatic N) is 2. The fourth-order valence-corrected chi connectivity index (χ4v) is 2.21. The zero-order valence-corrected chi connectivity index (χ0v) is 11.4. The van der Waals surface area contributed by atoms with E-state index in [-0.39, 0.29) is 6.04 Å². The Labute approximate surface area is 115 Å². The van der Waals surface area contributed by atoms with Crippen LogP contribution in [0.5, 0.6) is 0 Å². The van der Waals surface area contributed by atoms with Gasteiger partial charge in [-0.05, 0) is 31.2 Å². The summed E-state index contributed by atoms with van der Waals surface area (Å²) in [6.07, 6.45) is 2.85. The van der Waals surface area contributed by atoms with Crippen LogP contribution < -0.4 is 5.73 Å². The van der Waals surface area contributed by atoms with Gasteiger partial charge in [-0.1, -0.05) is 36.4 Å². The molecule has 19 heavy (non-hydrogen) atoms. The molecule has 0 aliphatic rings. The number of hydrogen-bond donors (Lipinski definition) is 1. The van der Waals surface area contributed by atoms with Gasteiger partial charge in [0, 0.05) is 19.3 Å². The van der Waals surface area contributed by atoms with Crippen LogP contribution in [0.25, 0.3) is 0 Å². The fourth-order valence-electron chi connectivity index (χ4n) is 2.21. The lowest BCUT2D eigenvalue weighted by atomic mass is 10.1. The third-order valence-electron chi connectivity index (χ3n) is 3.38. The molecule has 1 heterocycles. The van der Waals surface area contributed by atoms with Gasteiger partial charge in [-0.15, -0.1) is 0 Å². The molecule has 0 amide bonds. The normalized spacial score (nSPS) is 12.6. The van der Waals surface area contributed by atoms with Crippen molar-refractivity contribution < 1.29 is 0 Å². The summed E-state index contributed by atoms with van der Waals surface area (Å²) in [6.45, 7) is 1.56. The van der Waals surface area contributed by atoms with E-state index in [1.165, 1.54) is 5.56 Å². The van der Waals surface area contributed by atoms with Gasteiger partial charge in [0.15, 0.2) is 0 Å². The van der Waals surface area contributed by atoms with Crippen LogP contribution >= 0.6 is 0 Å². The number of rotatable bonds is 6. The van der Waals surface area contributed by atoms with Crippen molar-refractivity contribution in [2.75, 3.05) is 20.1 Å². The van der Waals surface area contributed by atoms with E-state index in [2.05, 4.69) is 41.2 Å². The molecule has 1 aromatic carbocycles. The summed E-state index contributed by atoms with van der Waals surface area (Å²) in [5.41, 5.74) is 8.29. The van der Waals surface area contributed by atoms with Gasteiger partial charge in [0.25, 0.3) is 0 Å². The Morgan fingerprint density at radius 2 is 1.84 bits per heavy atom. The van der Waals surface area contributed by atoms with Crippen molar-refractivity contribution in [2.24, 2.45) is 5.73 Å². The molecule has 2 rings (SSSR count). The number of pyridine rings is 1.